The molecule has 16 nitrogen and oxygen atoms in total. The predicted molar refractivity (Wildman–Crippen MR) is 162 cm³/mol. The molecule has 2 rings (SSSR count). The van der Waals surface area contributed by atoms with Gasteiger partial charge in [0, 0.05) is 33.6 Å². The molecular formula is C32H52O16. The van der Waals surface area contributed by atoms with Crippen LogP contribution in [0.25, 0.3) is 0 Å². The molecule has 2 fully saturated rings. The average molecular weight is 693 g/mol. The summed E-state index contributed by atoms with van der Waals surface area (Å²) < 4.78 is 43.5. The zero-order valence-electron chi connectivity index (χ0n) is 28.8. The van der Waals surface area contributed by atoms with Crippen molar-refractivity contribution in [3.8, 4) is 0 Å². The van der Waals surface area contributed by atoms with Crippen molar-refractivity contribution in [2.24, 2.45) is 11.8 Å². The molecule has 2 heterocycles. The second-order valence-electron chi connectivity index (χ2n) is 13.0. The van der Waals surface area contributed by atoms with Gasteiger partial charge >= 0.3 is 29.8 Å². The maximum atomic E-state index is 12.8. The van der Waals surface area contributed by atoms with E-state index in [0.29, 0.717) is 31.1 Å². The Balaban J connectivity index is 2.28. The van der Waals surface area contributed by atoms with Gasteiger partial charge in [-0.3, -0.25) is 24.0 Å². The first-order valence-electron chi connectivity index (χ1n) is 16.3. The van der Waals surface area contributed by atoms with Gasteiger partial charge < -0.3 is 53.2 Å². The molecule has 2 aliphatic heterocycles. The van der Waals surface area contributed by atoms with Gasteiger partial charge in [0.1, 0.15) is 44.2 Å². The smallest absolute Gasteiger partial charge is 0.306 e. The maximum Gasteiger partial charge on any atom is 0.306 e. The number of esters is 5. The summed E-state index contributed by atoms with van der Waals surface area (Å²) in [6.45, 7) is 9.45. The van der Waals surface area contributed by atoms with Crippen molar-refractivity contribution in [1.29, 1.82) is 0 Å². The zero-order chi connectivity index (χ0) is 36.2. The van der Waals surface area contributed by atoms with Crippen molar-refractivity contribution in [2.75, 3.05) is 19.8 Å². The summed E-state index contributed by atoms with van der Waals surface area (Å²) in [6, 6.07) is 0. The Morgan fingerprint density at radius 3 is 1.73 bits per heavy atom. The van der Waals surface area contributed by atoms with E-state index in [0.717, 1.165) is 27.2 Å². The minimum absolute atomic E-state index is 0.0287. The van der Waals surface area contributed by atoms with Crippen LogP contribution in [0.5, 0.6) is 0 Å². The second-order valence-corrected chi connectivity index (χ2v) is 13.0. The van der Waals surface area contributed by atoms with E-state index in [-0.39, 0.29) is 12.8 Å². The van der Waals surface area contributed by atoms with Crippen LogP contribution in [0.1, 0.15) is 87.0 Å². The second kappa shape index (κ2) is 19.3. The molecule has 0 radical (unpaired) electrons. The van der Waals surface area contributed by atoms with Crippen molar-refractivity contribution in [2.45, 2.75) is 142 Å². The van der Waals surface area contributed by atoms with Crippen LogP contribution in [0.2, 0.25) is 0 Å². The lowest BCUT2D eigenvalue weighted by atomic mass is 9.98. The van der Waals surface area contributed by atoms with E-state index in [1.807, 2.05) is 27.7 Å². The molecular weight excluding hydrogens is 640 g/mol. The van der Waals surface area contributed by atoms with Crippen LogP contribution in [0, 0.1) is 11.8 Å². The zero-order valence-corrected chi connectivity index (χ0v) is 28.8. The fourth-order valence-corrected chi connectivity index (χ4v) is 5.23. The van der Waals surface area contributed by atoms with Gasteiger partial charge in [-0.25, -0.2) is 0 Å². The largest absolute Gasteiger partial charge is 0.463 e. The van der Waals surface area contributed by atoms with Crippen molar-refractivity contribution in [3.63, 3.8) is 0 Å². The molecule has 0 aliphatic carbocycles. The number of rotatable bonds is 18. The summed E-state index contributed by atoms with van der Waals surface area (Å²) in [6.07, 6.45) is -10.0. The first-order valence-corrected chi connectivity index (χ1v) is 16.3. The molecule has 0 aromatic rings. The van der Waals surface area contributed by atoms with Crippen LogP contribution in [0.4, 0.5) is 0 Å². The van der Waals surface area contributed by atoms with E-state index in [1.165, 1.54) is 0 Å². The van der Waals surface area contributed by atoms with Crippen LogP contribution >= 0.6 is 0 Å². The van der Waals surface area contributed by atoms with E-state index in [2.05, 4.69) is 0 Å². The highest BCUT2D eigenvalue weighted by atomic mass is 16.8. The number of aliphatic hydroxyl groups excluding tert-OH is 2. The summed E-state index contributed by atoms with van der Waals surface area (Å²) in [5.41, 5.74) is 0. The fraction of sp³-hybridized carbons (Fsp3) is 0.844. The van der Waals surface area contributed by atoms with E-state index in [9.17, 15) is 39.3 Å². The molecule has 2 aliphatic rings. The third kappa shape index (κ3) is 13.2. The Hall–Kier alpha value is -2.89. The summed E-state index contributed by atoms with van der Waals surface area (Å²) in [4.78, 5) is 60.5. The molecule has 0 aromatic carbocycles. The Kier molecular flexibility index (Phi) is 16.6. The number of carbonyl (C=O) groups excluding carboxylic acids is 5. The molecule has 16 heteroatoms. The maximum absolute atomic E-state index is 12.8. The molecule has 3 N–H and O–H groups in total. The molecule has 276 valence electrons. The van der Waals surface area contributed by atoms with Gasteiger partial charge in [0.25, 0.3) is 0 Å². The quantitative estimate of drug-likeness (QED) is 0.135. The lowest BCUT2D eigenvalue weighted by molar-refractivity contribution is -0.333. The van der Waals surface area contributed by atoms with Crippen molar-refractivity contribution in [1.82, 2.24) is 0 Å². The molecule has 0 amide bonds. The summed E-state index contributed by atoms with van der Waals surface area (Å²) in [5.74, 6) is -5.48. The molecule has 0 aromatic heterocycles. The van der Waals surface area contributed by atoms with Gasteiger partial charge in [-0.15, -0.1) is 0 Å². The molecule has 0 unspecified atom stereocenters. The van der Waals surface area contributed by atoms with E-state index >= 15 is 0 Å². The van der Waals surface area contributed by atoms with Crippen molar-refractivity contribution in [3.05, 3.63) is 0 Å². The normalized spacial score (nSPS) is 30.2. The van der Waals surface area contributed by atoms with Crippen molar-refractivity contribution < 1.29 is 77.2 Å². The summed E-state index contributed by atoms with van der Waals surface area (Å²) in [7, 11) is 0. The van der Waals surface area contributed by atoms with Crippen LogP contribution in [-0.4, -0.2) is 120 Å². The lowest BCUT2D eigenvalue weighted by Crippen LogP contribution is -2.61. The number of ether oxygens (including phenoxy) is 8. The highest BCUT2D eigenvalue weighted by Crippen LogP contribution is 2.36. The Morgan fingerprint density at radius 2 is 1.23 bits per heavy atom. The summed E-state index contributed by atoms with van der Waals surface area (Å²) in [5, 5.41) is 33.5. The number of hydrogen-bond donors (Lipinski definition) is 3. The van der Waals surface area contributed by atoms with Crippen LogP contribution < -0.4 is 0 Å². The van der Waals surface area contributed by atoms with Gasteiger partial charge in [0.15, 0.2) is 24.6 Å². The predicted octanol–water partition coefficient (Wildman–Crippen LogP) is 1.07. The molecule has 0 bridgehead atoms. The number of carbonyl (C=O) groups is 5. The van der Waals surface area contributed by atoms with Crippen LogP contribution in [-0.2, 0) is 61.9 Å². The monoisotopic (exact) mass is 692 g/mol. The minimum Gasteiger partial charge on any atom is -0.463 e. The van der Waals surface area contributed by atoms with Crippen molar-refractivity contribution >= 4 is 29.8 Å². The fourth-order valence-electron chi connectivity index (χ4n) is 5.23. The van der Waals surface area contributed by atoms with Gasteiger partial charge in [-0.2, -0.15) is 0 Å². The molecule has 0 saturated carbocycles. The standard InChI is InChI=1S/C32H52O16/c1-17(2)10-8-12-24(36)46-28-22(14-41-19(5)33)45-31(27(39)26(28)38)43-16-32(40)30(47-25(37)13-9-11-18(3)4)29(44-21(7)35)23(48-32)15-42-20(6)34/h17-18,22-23,26-31,38-40H,8-16H2,1-7H3/t22-,23-,26-,27-,28-,29-,30+,31+,32-/m1/s1. The highest BCUT2D eigenvalue weighted by Gasteiger charge is 2.60. The molecule has 9 atom stereocenters. The van der Waals surface area contributed by atoms with E-state index in [1.54, 1.807) is 0 Å². The van der Waals surface area contributed by atoms with E-state index in [4.69, 9.17) is 37.9 Å². The van der Waals surface area contributed by atoms with Gasteiger partial charge in [0.05, 0.1) is 0 Å². The highest BCUT2D eigenvalue weighted by molar-refractivity contribution is 5.70. The summed E-state index contributed by atoms with van der Waals surface area (Å²) >= 11 is 0. The molecule has 2 saturated heterocycles. The molecule has 0 spiro atoms. The van der Waals surface area contributed by atoms with Gasteiger partial charge in [-0.1, -0.05) is 40.5 Å². The third-order valence-corrected chi connectivity index (χ3v) is 7.61. The van der Waals surface area contributed by atoms with Gasteiger partial charge in [-0.05, 0) is 24.7 Å². The lowest BCUT2D eigenvalue weighted by Gasteiger charge is -2.42. The Bertz CT molecular complexity index is 1080. The molecule has 48 heavy (non-hydrogen) atoms. The average Bonchev–Trinajstić information content (AvgIpc) is 3.22. The number of hydrogen-bond acceptors (Lipinski definition) is 16. The third-order valence-electron chi connectivity index (χ3n) is 7.61. The Labute approximate surface area is 280 Å². The van der Waals surface area contributed by atoms with Crippen LogP contribution in [0.3, 0.4) is 0 Å². The first kappa shape index (κ1) is 41.3. The minimum atomic E-state index is -2.54. The SMILES string of the molecule is CC(=O)OC[C@H]1O[C@](O)(CO[C@H]2O[C@H](COC(C)=O)[C@@H](OC(=O)CCCC(C)C)[C@H](O)[C@H]2O)[C@@H](OC(=O)CCCC(C)C)[C@@H]1OC(C)=O. The Morgan fingerprint density at radius 1 is 0.708 bits per heavy atom. The van der Waals surface area contributed by atoms with Gasteiger partial charge in [0.2, 0.25) is 5.79 Å². The first-order chi connectivity index (χ1) is 22.4. The topological polar surface area (TPSA) is 220 Å². The van der Waals surface area contributed by atoms with Crippen LogP contribution in [0.15, 0.2) is 0 Å². The van der Waals surface area contributed by atoms with E-state index < -0.39 is 104 Å². The number of aliphatic hydroxyl groups is 3.